The Balaban J connectivity index is 1.22. The van der Waals surface area contributed by atoms with Gasteiger partial charge in [0.2, 0.25) is 10.0 Å². The lowest BCUT2D eigenvalue weighted by molar-refractivity contribution is 0.0712. The zero-order valence-corrected chi connectivity index (χ0v) is 19.9. The summed E-state index contributed by atoms with van der Waals surface area (Å²) < 4.78 is 34.7. The maximum absolute atomic E-state index is 13.1. The van der Waals surface area contributed by atoms with Crippen LogP contribution in [-0.2, 0) is 14.8 Å². The molecule has 9 heteroatoms. The molecule has 2 aliphatic heterocycles. The van der Waals surface area contributed by atoms with Gasteiger partial charge in [-0.15, -0.1) is 11.3 Å². The Bertz CT molecular complexity index is 1210. The van der Waals surface area contributed by atoms with Gasteiger partial charge in [0.05, 0.1) is 26.2 Å². The van der Waals surface area contributed by atoms with Gasteiger partial charge in [-0.1, -0.05) is 18.2 Å². The number of carbonyl (C=O) groups excluding carboxylic acids is 1. The second kappa shape index (κ2) is 9.50. The number of rotatable bonds is 6. The lowest BCUT2D eigenvalue weighted by Gasteiger charge is -2.31. The molecule has 0 radical (unpaired) electrons. The fraction of sp³-hybridized carbons (Fsp3) is 0.417. The first kappa shape index (κ1) is 22.5. The molecule has 3 aromatic rings. The van der Waals surface area contributed by atoms with Crippen LogP contribution in [0.4, 0.5) is 0 Å². The van der Waals surface area contributed by atoms with Crippen LogP contribution in [-0.4, -0.2) is 56.6 Å². The molecule has 33 heavy (non-hydrogen) atoms. The molecule has 0 saturated carbocycles. The van der Waals surface area contributed by atoms with Crippen LogP contribution in [0.5, 0.6) is 0 Å². The fourth-order valence-electron chi connectivity index (χ4n) is 4.46. The van der Waals surface area contributed by atoms with Gasteiger partial charge >= 0.3 is 0 Å². The van der Waals surface area contributed by atoms with Gasteiger partial charge < -0.3 is 9.64 Å². The number of fused-ring (bicyclic) bond motifs is 1. The molecule has 0 spiro atoms. The summed E-state index contributed by atoms with van der Waals surface area (Å²) in [6.07, 6.45) is 3.43. The molecule has 3 heterocycles. The monoisotopic (exact) mass is 485 g/mol. The Kier molecular flexibility index (Phi) is 6.47. The lowest BCUT2D eigenvalue weighted by atomic mass is 9.97. The van der Waals surface area contributed by atoms with Crippen LogP contribution in [0, 0.1) is 0 Å². The van der Waals surface area contributed by atoms with E-state index in [9.17, 15) is 13.2 Å². The Hall–Kier alpha value is -2.33. The number of nitrogens with zero attached hydrogens (tertiary/aromatic N) is 2. The third-order valence-electron chi connectivity index (χ3n) is 6.36. The van der Waals surface area contributed by atoms with E-state index >= 15 is 0 Å². The molecule has 1 atom stereocenters. The molecule has 2 fully saturated rings. The number of hydrogen-bond donors (Lipinski definition) is 1. The van der Waals surface area contributed by atoms with E-state index in [1.165, 1.54) is 16.8 Å². The van der Waals surface area contributed by atoms with Crippen LogP contribution in [0.2, 0.25) is 0 Å². The van der Waals surface area contributed by atoms with Crippen molar-refractivity contribution in [1.29, 1.82) is 0 Å². The van der Waals surface area contributed by atoms with Crippen LogP contribution in [0.1, 0.15) is 47.0 Å². The van der Waals surface area contributed by atoms with E-state index in [1.807, 2.05) is 23.1 Å². The summed E-state index contributed by atoms with van der Waals surface area (Å²) in [5.74, 6) is 0.217. The van der Waals surface area contributed by atoms with Crippen molar-refractivity contribution in [3.63, 3.8) is 0 Å². The number of carbonyl (C=O) groups is 1. The quantitative estimate of drug-likeness (QED) is 0.574. The van der Waals surface area contributed by atoms with Gasteiger partial charge in [0.1, 0.15) is 0 Å². The van der Waals surface area contributed by atoms with E-state index in [1.54, 1.807) is 23.5 Å². The van der Waals surface area contributed by atoms with E-state index < -0.39 is 10.0 Å². The SMILES string of the molecule is O=C(c1cccc(S(=O)(=O)NCC2CCCO2)c1)N1CCC(c2nc3ccccc3s2)CC1. The van der Waals surface area contributed by atoms with Crippen molar-refractivity contribution in [3.8, 4) is 0 Å². The normalized spacial score (nSPS) is 19.9. The highest BCUT2D eigenvalue weighted by molar-refractivity contribution is 7.89. The van der Waals surface area contributed by atoms with Crippen molar-refractivity contribution in [2.24, 2.45) is 0 Å². The van der Waals surface area contributed by atoms with Crippen LogP contribution < -0.4 is 4.72 Å². The third kappa shape index (κ3) is 4.96. The predicted octanol–water partition coefficient (Wildman–Crippen LogP) is 3.77. The van der Waals surface area contributed by atoms with Crippen molar-refractivity contribution < 1.29 is 17.9 Å². The maximum Gasteiger partial charge on any atom is 0.253 e. The summed E-state index contributed by atoms with van der Waals surface area (Å²) in [5, 5.41) is 1.13. The molecule has 1 aromatic heterocycles. The number of sulfonamides is 1. The highest BCUT2D eigenvalue weighted by Crippen LogP contribution is 2.34. The summed E-state index contributed by atoms with van der Waals surface area (Å²) in [7, 11) is -3.70. The highest BCUT2D eigenvalue weighted by Gasteiger charge is 2.27. The number of hydrogen-bond acceptors (Lipinski definition) is 6. The topological polar surface area (TPSA) is 88.6 Å². The largest absolute Gasteiger partial charge is 0.377 e. The molecule has 2 aromatic carbocycles. The molecule has 2 saturated heterocycles. The molecular formula is C24H27N3O4S2. The number of benzene rings is 2. The number of thiazole rings is 1. The first-order valence-electron chi connectivity index (χ1n) is 11.4. The Morgan fingerprint density at radius 1 is 1.12 bits per heavy atom. The van der Waals surface area contributed by atoms with Crippen molar-refractivity contribution in [3.05, 3.63) is 59.1 Å². The first-order chi connectivity index (χ1) is 16.0. The van der Waals surface area contributed by atoms with Crippen LogP contribution in [0.3, 0.4) is 0 Å². The maximum atomic E-state index is 13.1. The van der Waals surface area contributed by atoms with Crippen molar-refractivity contribution in [1.82, 2.24) is 14.6 Å². The summed E-state index contributed by atoms with van der Waals surface area (Å²) in [6, 6.07) is 14.4. The molecule has 1 amide bonds. The van der Waals surface area contributed by atoms with E-state index in [-0.39, 0.29) is 23.5 Å². The predicted molar refractivity (Wildman–Crippen MR) is 128 cm³/mol. The second-order valence-electron chi connectivity index (χ2n) is 8.60. The van der Waals surface area contributed by atoms with Crippen molar-refractivity contribution in [2.45, 2.75) is 42.6 Å². The minimum absolute atomic E-state index is 0.0821. The number of ether oxygens (including phenoxy) is 1. The number of piperidine rings is 1. The second-order valence-corrected chi connectivity index (χ2v) is 11.4. The van der Waals surface area contributed by atoms with Crippen molar-refractivity contribution >= 4 is 37.5 Å². The number of likely N-dealkylation sites (tertiary alicyclic amines) is 1. The van der Waals surface area contributed by atoms with E-state index in [0.717, 1.165) is 36.2 Å². The minimum Gasteiger partial charge on any atom is -0.377 e. The Morgan fingerprint density at radius 2 is 1.94 bits per heavy atom. The van der Waals surface area contributed by atoms with Gasteiger partial charge in [0.15, 0.2) is 0 Å². The summed E-state index contributed by atoms with van der Waals surface area (Å²) in [4.78, 5) is 19.8. The van der Waals surface area contributed by atoms with Gasteiger partial charge in [0.25, 0.3) is 5.91 Å². The molecule has 1 unspecified atom stereocenters. The van der Waals surface area contributed by atoms with Gasteiger partial charge in [-0.25, -0.2) is 18.1 Å². The lowest BCUT2D eigenvalue weighted by Crippen LogP contribution is -2.38. The highest BCUT2D eigenvalue weighted by atomic mass is 32.2. The average molecular weight is 486 g/mol. The summed E-state index contributed by atoms with van der Waals surface area (Å²) in [5.41, 5.74) is 1.43. The van der Waals surface area contributed by atoms with Gasteiger partial charge in [-0.2, -0.15) is 0 Å². The minimum atomic E-state index is -3.70. The van der Waals surface area contributed by atoms with Crippen LogP contribution >= 0.6 is 11.3 Å². The standard InChI is InChI=1S/C24H27N3O4S2/c28-24(18-5-3-7-20(15-18)33(29,30)25-16-19-6-4-14-31-19)27-12-10-17(11-13-27)23-26-21-8-1-2-9-22(21)32-23/h1-3,5,7-9,15,17,19,25H,4,6,10-14,16H2. The molecule has 0 aliphatic carbocycles. The van der Waals surface area contributed by atoms with E-state index in [2.05, 4.69) is 10.8 Å². The summed E-state index contributed by atoms with van der Waals surface area (Å²) >= 11 is 1.73. The van der Waals surface area contributed by atoms with E-state index in [0.29, 0.717) is 31.2 Å². The smallest absolute Gasteiger partial charge is 0.253 e. The van der Waals surface area contributed by atoms with Gasteiger partial charge in [0, 0.05) is 37.7 Å². The molecule has 174 valence electrons. The molecule has 0 bridgehead atoms. The van der Waals surface area contributed by atoms with Gasteiger partial charge in [-0.05, 0) is 56.0 Å². The molecule has 7 nitrogen and oxygen atoms in total. The Morgan fingerprint density at radius 3 is 2.70 bits per heavy atom. The van der Waals surface area contributed by atoms with Crippen LogP contribution in [0.15, 0.2) is 53.4 Å². The number of amides is 1. The summed E-state index contributed by atoms with van der Waals surface area (Å²) in [6.45, 7) is 2.19. The van der Waals surface area contributed by atoms with E-state index in [4.69, 9.17) is 9.72 Å². The molecular weight excluding hydrogens is 458 g/mol. The zero-order valence-electron chi connectivity index (χ0n) is 18.3. The molecule has 1 N–H and O–H groups in total. The van der Waals surface area contributed by atoms with Gasteiger partial charge in [-0.3, -0.25) is 4.79 Å². The molecule has 2 aliphatic rings. The average Bonchev–Trinajstić information content (AvgIpc) is 3.52. The third-order valence-corrected chi connectivity index (χ3v) is 8.98. The number of nitrogens with one attached hydrogen (secondary N) is 1. The zero-order chi connectivity index (χ0) is 22.8. The molecule has 5 rings (SSSR count). The first-order valence-corrected chi connectivity index (χ1v) is 13.7. The van der Waals surface area contributed by atoms with Crippen LogP contribution in [0.25, 0.3) is 10.2 Å². The van der Waals surface area contributed by atoms with Crippen molar-refractivity contribution in [2.75, 3.05) is 26.2 Å². The number of aromatic nitrogens is 1. The Labute approximate surface area is 197 Å². The fourth-order valence-corrected chi connectivity index (χ4v) is 6.71. The number of para-hydroxylation sites is 1.